The summed E-state index contributed by atoms with van der Waals surface area (Å²) in [6.45, 7) is 7.15. The van der Waals surface area contributed by atoms with Crippen molar-refractivity contribution >= 4 is 7.60 Å². The molecule has 1 saturated carbocycles. The number of hydrogen-bond acceptors (Lipinski definition) is 4. The van der Waals surface area contributed by atoms with Gasteiger partial charge in [-0.25, -0.2) is 0 Å². The fourth-order valence-corrected chi connectivity index (χ4v) is 3.68. The first-order chi connectivity index (χ1) is 6.85. The van der Waals surface area contributed by atoms with Gasteiger partial charge in [-0.2, -0.15) is 0 Å². The minimum atomic E-state index is -3.36. The van der Waals surface area contributed by atoms with E-state index in [0.717, 1.165) is 12.8 Å². The quantitative estimate of drug-likeness (QED) is 0.720. The lowest BCUT2D eigenvalue weighted by atomic mass is 10.5. The zero-order valence-electron chi connectivity index (χ0n) is 9.84. The normalized spacial score (nSPS) is 19.9. The van der Waals surface area contributed by atoms with E-state index < -0.39 is 13.4 Å². The molecule has 0 saturated heterocycles. The van der Waals surface area contributed by atoms with Crippen LogP contribution >= 0.6 is 7.60 Å². The topological polar surface area (TPSA) is 55.8 Å². The molecule has 1 atom stereocenters. The molecule has 0 radical (unpaired) electrons. The summed E-state index contributed by atoms with van der Waals surface area (Å²) in [5, 5.41) is 9.89. The van der Waals surface area contributed by atoms with Gasteiger partial charge >= 0.3 is 7.60 Å². The zero-order chi connectivity index (χ0) is 11.6. The summed E-state index contributed by atoms with van der Waals surface area (Å²) in [6, 6.07) is 0. The first kappa shape index (κ1) is 13.2. The second-order valence-corrected chi connectivity index (χ2v) is 6.63. The van der Waals surface area contributed by atoms with Crippen molar-refractivity contribution in [3.8, 4) is 0 Å². The Balaban J connectivity index is 2.69. The SMILES string of the molecule is CC(C)OP(=O)(OC(C)C)C(O)C1CC1. The van der Waals surface area contributed by atoms with Crippen molar-refractivity contribution in [1.29, 1.82) is 0 Å². The molecule has 1 fully saturated rings. The van der Waals surface area contributed by atoms with E-state index >= 15 is 0 Å². The first-order valence-electron chi connectivity index (χ1n) is 5.49. The third kappa shape index (κ3) is 3.87. The Bertz CT molecular complexity index is 234. The summed E-state index contributed by atoms with van der Waals surface area (Å²) in [7, 11) is -3.36. The molecule has 15 heavy (non-hydrogen) atoms. The highest BCUT2D eigenvalue weighted by atomic mass is 31.2. The van der Waals surface area contributed by atoms with E-state index in [4.69, 9.17) is 9.05 Å². The standard InChI is InChI=1S/C10H21O4P/c1-7(2)13-15(12,14-8(3)4)10(11)9-5-6-9/h7-11H,5-6H2,1-4H3. The van der Waals surface area contributed by atoms with Gasteiger partial charge in [0.15, 0.2) is 5.85 Å². The summed E-state index contributed by atoms with van der Waals surface area (Å²) in [4.78, 5) is 0. The summed E-state index contributed by atoms with van der Waals surface area (Å²) in [6.07, 6.45) is 1.41. The average Bonchev–Trinajstić information content (AvgIpc) is 2.81. The highest BCUT2D eigenvalue weighted by Crippen LogP contribution is 2.60. The van der Waals surface area contributed by atoms with Crippen molar-refractivity contribution < 1.29 is 18.7 Å². The monoisotopic (exact) mass is 236 g/mol. The number of aliphatic hydroxyl groups excluding tert-OH is 1. The van der Waals surface area contributed by atoms with Gasteiger partial charge in [-0.15, -0.1) is 0 Å². The van der Waals surface area contributed by atoms with Gasteiger partial charge < -0.3 is 14.2 Å². The van der Waals surface area contributed by atoms with E-state index in [1.54, 1.807) is 27.7 Å². The van der Waals surface area contributed by atoms with Crippen molar-refractivity contribution in [2.24, 2.45) is 5.92 Å². The van der Waals surface area contributed by atoms with Crippen LogP contribution in [0.25, 0.3) is 0 Å². The molecule has 1 aliphatic rings. The highest BCUT2D eigenvalue weighted by molar-refractivity contribution is 7.54. The molecule has 0 heterocycles. The van der Waals surface area contributed by atoms with E-state index in [2.05, 4.69) is 0 Å². The highest BCUT2D eigenvalue weighted by Gasteiger charge is 2.46. The molecule has 4 nitrogen and oxygen atoms in total. The summed E-state index contributed by atoms with van der Waals surface area (Å²) in [5.74, 6) is -0.865. The third-order valence-corrected chi connectivity index (χ3v) is 4.58. The number of aliphatic hydroxyl groups is 1. The Kier molecular flexibility index (Phi) is 4.36. The van der Waals surface area contributed by atoms with Gasteiger partial charge in [-0.1, -0.05) is 0 Å². The van der Waals surface area contributed by atoms with Crippen LogP contribution in [0.5, 0.6) is 0 Å². The second kappa shape index (κ2) is 4.96. The summed E-state index contributed by atoms with van der Waals surface area (Å²) < 4.78 is 22.9. The van der Waals surface area contributed by atoms with E-state index in [1.807, 2.05) is 0 Å². The van der Waals surface area contributed by atoms with Crippen LogP contribution in [0.1, 0.15) is 40.5 Å². The summed E-state index contributed by atoms with van der Waals surface area (Å²) >= 11 is 0. The van der Waals surface area contributed by atoms with Gasteiger partial charge in [0.2, 0.25) is 0 Å². The van der Waals surface area contributed by atoms with Gasteiger partial charge in [0.1, 0.15) is 0 Å². The van der Waals surface area contributed by atoms with Crippen molar-refractivity contribution in [3.05, 3.63) is 0 Å². The second-order valence-electron chi connectivity index (χ2n) is 4.60. The first-order valence-corrected chi connectivity index (χ1v) is 7.11. The van der Waals surface area contributed by atoms with Crippen LogP contribution in [0.15, 0.2) is 0 Å². The van der Waals surface area contributed by atoms with Crippen molar-refractivity contribution in [2.75, 3.05) is 0 Å². The zero-order valence-corrected chi connectivity index (χ0v) is 10.7. The number of hydrogen-bond donors (Lipinski definition) is 1. The minimum absolute atomic E-state index is 0.0910. The van der Waals surface area contributed by atoms with Crippen LogP contribution in [0.2, 0.25) is 0 Å². The van der Waals surface area contributed by atoms with Crippen LogP contribution in [0.4, 0.5) is 0 Å². The smallest absolute Gasteiger partial charge is 0.359 e. The van der Waals surface area contributed by atoms with Crippen molar-refractivity contribution in [3.63, 3.8) is 0 Å². The molecule has 1 unspecified atom stereocenters. The van der Waals surface area contributed by atoms with Crippen LogP contribution < -0.4 is 0 Å². The fourth-order valence-electron chi connectivity index (χ4n) is 1.39. The predicted molar refractivity (Wildman–Crippen MR) is 58.8 cm³/mol. The van der Waals surface area contributed by atoms with E-state index in [9.17, 15) is 9.67 Å². The fraction of sp³-hybridized carbons (Fsp3) is 1.00. The molecule has 0 amide bonds. The van der Waals surface area contributed by atoms with Crippen LogP contribution in [-0.4, -0.2) is 23.2 Å². The Morgan fingerprint density at radius 2 is 1.53 bits per heavy atom. The van der Waals surface area contributed by atoms with E-state index in [0.29, 0.717) is 0 Å². The molecule has 90 valence electrons. The van der Waals surface area contributed by atoms with Crippen molar-refractivity contribution in [2.45, 2.75) is 58.6 Å². The molecular formula is C10H21O4P. The molecule has 0 aliphatic heterocycles. The molecule has 0 aromatic rings. The largest absolute Gasteiger partial charge is 0.380 e. The summed E-state index contributed by atoms with van der Waals surface area (Å²) in [5.41, 5.74) is 0. The van der Waals surface area contributed by atoms with Gasteiger partial charge in [0.05, 0.1) is 12.2 Å². The molecule has 0 aromatic heterocycles. The maximum Gasteiger partial charge on any atom is 0.359 e. The number of rotatable bonds is 6. The van der Waals surface area contributed by atoms with Crippen LogP contribution in [0.3, 0.4) is 0 Å². The molecular weight excluding hydrogens is 215 g/mol. The lowest BCUT2D eigenvalue weighted by Crippen LogP contribution is -2.19. The van der Waals surface area contributed by atoms with E-state index in [1.165, 1.54) is 0 Å². The molecule has 0 spiro atoms. The molecule has 0 bridgehead atoms. The molecule has 1 aliphatic carbocycles. The maximum absolute atomic E-state index is 12.3. The third-order valence-electron chi connectivity index (χ3n) is 2.08. The minimum Gasteiger partial charge on any atom is -0.380 e. The predicted octanol–water partition coefficient (Wildman–Crippen LogP) is 2.76. The Labute approximate surface area is 91.5 Å². The van der Waals surface area contributed by atoms with Gasteiger partial charge in [-0.3, -0.25) is 4.57 Å². The Morgan fingerprint density at radius 1 is 1.13 bits per heavy atom. The van der Waals surface area contributed by atoms with E-state index in [-0.39, 0.29) is 18.1 Å². The van der Waals surface area contributed by atoms with Gasteiger partial charge in [-0.05, 0) is 46.5 Å². The molecule has 1 N–H and O–H groups in total. The maximum atomic E-state index is 12.3. The average molecular weight is 236 g/mol. The lowest BCUT2D eigenvalue weighted by Gasteiger charge is -2.26. The molecule has 0 aromatic carbocycles. The molecule has 1 rings (SSSR count). The Morgan fingerprint density at radius 3 is 1.80 bits per heavy atom. The van der Waals surface area contributed by atoms with Crippen LogP contribution in [0, 0.1) is 5.92 Å². The lowest BCUT2D eigenvalue weighted by molar-refractivity contribution is 0.0941. The van der Waals surface area contributed by atoms with Crippen LogP contribution in [-0.2, 0) is 13.6 Å². The van der Waals surface area contributed by atoms with Crippen molar-refractivity contribution in [1.82, 2.24) is 0 Å². The Hall–Kier alpha value is 0.110. The van der Waals surface area contributed by atoms with Gasteiger partial charge in [0.25, 0.3) is 0 Å². The molecule has 5 heteroatoms. The van der Waals surface area contributed by atoms with Gasteiger partial charge in [0, 0.05) is 0 Å².